The molecule has 0 radical (unpaired) electrons. The van der Waals surface area contributed by atoms with Crippen molar-refractivity contribution in [1.29, 1.82) is 0 Å². The van der Waals surface area contributed by atoms with Gasteiger partial charge in [0.25, 0.3) is 0 Å². The van der Waals surface area contributed by atoms with Crippen molar-refractivity contribution in [3.05, 3.63) is 47.6 Å². The maximum absolute atomic E-state index is 6.14. The van der Waals surface area contributed by atoms with E-state index in [0.717, 1.165) is 37.4 Å². The zero-order chi connectivity index (χ0) is 13.1. The number of aromatic nitrogens is 2. The molecule has 1 saturated heterocycles. The van der Waals surface area contributed by atoms with Gasteiger partial charge < -0.3 is 15.0 Å². The van der Waals surface area contributed by atoms with Crippen LogP contribution < -0.4 is 5.73 Å². The highest BCUT2D eigenvalue weighted by atomic mass is 16.5. The fraction of sp³-hybridized carbons (Fsp3) is 0.429. The molecule has 2 aromatic rings. The molecule has 100 valence electrons. The second kappa shape index (κ2) is 5.50. The normalized spacial score (nSPS) is 18.4. The third kappa shape index (κ3) is 2.67. The molecular weight excluding hydrogens is 242 g/mol. The monoisotopic (exact) mass is 259 g/mol. The van der Waals surface area contributed by atoms with Crippen molar-refractivity contribution in [3.8, 4) is 0 Å². The summed E-state index contributed by atoms with van der Waals surface area (Å²) in [5.41, 5.74) is 7.11. The van der Waals surface area contributed by atoms with Crippen LogP contribution in [0.15, 0.2) is 34.9 Å². The van der Waals surface area contributed by atoms with Gasteiger partial charge in [-0.3, -0.25) is 0 Å². The van der Waals surface area contributed by atoms with Gasteiger partial charge in [-0.1, -0.05) is 35.5 Å². The fourth-order valence-corrected chi connectivity index (χ4v) is 2.30. The molecular formula is C14H17N3O2. The van der Waals surface area contributed by atoms with E-state index in [-0.39, 0.29) is 6.04 Å². The predicted molar refractivity (Wildman–Crippen MR) is 69.6 cm³/mol. The topological polar surface area (TPSA) is 74.2 Å². The minimum atomic E-state index is -0.359. The molecule has 1 atom stereocenters. The van der Waals surface area contributed by atoms with E-state index in [1.165, 1.54) is 0 Å². The van der Waals surface area contributed by atoms with Crippen LogP contribution in [-0.4, -0.2) is 23.4 Å². The summed E-state index contributed by atoms with van der Waals surface area (Å²) in [6.45, 7) is 1.53. The van der Waals surface area contributed by atoms with Crippen molar-refractivity contribution in [1.82, 2.24) is 10.1 Å². The van der Waals surface area contributed by atoms with Crippen LogP contribution in [0.2, 0.25) is 0 Å². The zero-order valence-corrected chi connectivity index (χ0v) is 10.7. The average Bonchev–Trinajstić information content (AvgIpc) is 2.98. The van der Waals surface area contributed by atoms with Gasteiger partial charge in [0.2, 0.25) is 5.89 Å². The molecule has 19 heavy (non-hydrogen) atoms. The quantitative estimate of drug-likeness (QED) is 0.912. The van der Waals surface area contributed by atoms with E-state index >= 15 is 0 Å². The van der Waals surface area contributed by atoms with Crippen LogP contribution in [0, 0.1) is 0 Å². The lowest BCUT2D eigenvalue weighted by Gasteiger charge is -2.18. The van der Waals surface area contributed by atoms with Crippen LogP contribution in [0.4, 0.5) is 0 Å². The van der Waals surface area contributed by atoms with Gasteiger partial charge in [-0.15, -0.1) is 0 Å². The van der Waals surface area contributed by atoms with Gasteiger partial charge in [0.1, 0.15) is 6.04 Å². The highest BCUT2D eigenvalue weighted by Gasteiger charge is 2.23. The van der Waals surface area contributed by atoms with Gasteiger partial charge >= 0.3 is 0 Å². The van der Waals surface area contributed by atoms with Gasteiger partial charge in [-0.25, -0.2) is 0 Å². The van der Waals surface area contributed by atoms with Gasteiger partial charge in [0, 0.05) is 19.1 Å². The highest BCUT2D eigenvalue weighted by molar-refractivity contribution is 5.23. The van der Waals surface area contributed by atoms with Gasteiger partial charge in [-0.05, 0) is 18.4 Å². The molecule has 2 N–H and O–H groups in total. The summed E-state index contributed by atoms with van der Waals surface area (Å²) in [4.78, 5) is 4.45. The van der Waals surface area contributed by atoms with E-state index in [0.29, 0.717) is 11.8 Å². The van der Waals surface area contributed by atoms with Crippen molar-refractivity contribution in [2.24, 2.45) is 5.73 Å². The molecule has 5 nitrogen and oxygen atoms in total. The first-order valence-corrected chi connectivity index (χ1v) is 6.56. The Morgan fingerprint density at radius 2 is 1.89 bits per heavy atom. The Balaban J connectivity index is 1.77. The van der Waals surface area contributed by atoms with E-state index < -0.39 is 0 Å². The van der Waals surface area contributed by atoms with Crippen LogP contribution in [-0.2, 0) is 4.74 Å². The summed E-state index contributed by atoms with van der Waals surface area (Å²) in [5.74, 6) is 1.56. The van der Waals surface area contributed by atoms with Crippen molar-refractivity contribution in [2.75, 3.05) is 13.2 Å². The maximum Gasteiger partial charge on any atom is 0.248 e. The van der Waals surface area contributed by atoms with Crippen molar-refractivity contribution < 1.29 is 9.26 Å². The number of ether oxygens (including phenoxy) is 1. The summed E-state index contributed by atoms with van der Waals surface area (Å²) in [6, 6.07) is 9.42. The molecule has 1 aromatic heterocycles. The summed E-state index contributed by atoms with van der Waals surface area (Å²) in [7, 11) is 0. The van der Waals surface area contributed by atoms with Crippen molar-refractivity contribution >= 4 is 0 Å². The van der Waals surface area contributed by atoms with Crippen LogP contribution >= 0.6 is 0 Å². The molecule has 2 heterocycles. The Bertz CT molecular complexity index is 520. The van der Waals surface area contributed by atoms with Gasteiger partial charge in [0.15, 0.2) is 5.82 Å². The first kappa shape index (κ1) is 12.3. The second-order valence-electron chi connectivity index (χ2n) is 4.77. The first-order chi connectivity index (χ1) is 9.34. The Labute approximate surface area is 111 Å². The molecule has 1 aromatic carbocycles. The third-order valence-corrected chi connectivity index (χ3v) is 3.47. The van der Waals surface area contributed by atoms with E-state index in [2.05, 4.69) is 10.1 Å². The van der Waals surface area contributed by atoms with Crippen molar-refractivity contribution in [2.45, 2.75) is 24.8 Å². The number of hydrogen-bond acceptors (Lipinski definition) is 5. The summed E-state index contributed by atoms with van der Waals surface area (Å²) in [6.07, 6.45) is 1.89. The average molecular weight is 259 g/mol. The number of nitrogens with zero attached hydrogens (tertiary/aromatic N) is 2. The number of rotatable bonds is 3. The van der Waals surface area contributed by atoms with E-state index in [1.807, 2.05) is 30.3 Å². The lowest BCUT2D eigenvalue weighted by Crippen LogP contribution is -2.16. The SMILES string of the molecule is NC(c1ccccc1)c1nc(C2CCOCC2)no1. The molecule has 0 bridgehead atoms. The lowest BCUT2D eigenvalue weighted by molar-refractivity contribution is 0.0830. The standard InChI is InChI=1S/C14H17N3O2/c15-12(10-4-2-1-3-5-10)14-16-13(17-19-14)11-6-8-18-9-7-11/h1-5,11-12H,6-9,15H2. The largest absolute Gasteiger partial charge is 0.381 e. The highest BCUT2D eigenvalue weighted by Crippen LogP contribution is 2.26. The molecule has 1 unspecified atom stereocenters. The Kier molecular flexibility index (Phi) is 3.57. The van der Waals surface area contributed by atoms with Gasteiger partial charge in [0.05, 0.1) is 0 Å². The van der Waals surface area contributed by atoms with Crippen molar-refractivity contribution in [3.63, 3.8) is 0 Å². The molecule has 0 saturated carbocycles. The van der Waals surface area contributed by atoms with E-state index in [4.69, 9.17) is 15.0 Å². The van der Waals surface area contributed by atoms with Crippen LogP contribution in [0.3, 0.4) is 0 Å². The lowest BCUT2D eigenvalue weighted by atomic mass is 10.00. The van der Waals surface area contributed by atoms with Gasteiger partial charge in [-0.2, -0.15) is 4.98 Å². The molecule has 0 aliphatic carbocycles. The molecule has 1 aliphatic rings. The predicted octanol–water partition coefficient (Wildman–Crippen LogP) is 2.01. The summed E-state index contributed by atoms with van der Waals surface area (Å²) in [5, 5.41) is 4.06. The number of hydrogen-bond donors (Lipinski definition) is 1. The summed E-state index contributed by atoms with van der Waals surface area (Å²) >= 11 is 0. The minimum absolute atomic E-state index is 0.328. The first-order valence-electron chi connectivity index (χ1n) is 6.56. The zero-order valence-electron chi connectivity index (χ0n) is 10.7. The Morgan fingerprint density at radius 3 is 2.63 bits per heavy atom. The molecule has 0 amide bonds. The van der Waals surface area contributed by atoms with E-state index in [9.17, 15) is 0 Å². The number of nitrogens with two attached hydrogens (primary N) is 1. The minimum Gasteiger partial charge on any atom is -0.381 e. The Morgan fingerprint density at radius 1 is 1.16 bits per heavy atom. The molecule has 1 aliphatic heterocycles. The molecule has 3 rings (SSSR count). The smallest absolute Gasteiger partial charge is 0.248 e. The van der Waals surface area contributed by atoms with Crippen LogP contribution in [0.25, 0.3) is 0 Å². The Hall–Kier alpha value is -1.72. The summed E-state index contributed by atoms with van der Waals surface area (Å²) < 4.78 is 10.6. The van der Waals surface area contributed by atoms with E-state index in [1.54, 1.807) is 0 Å². The van der Waals surface area contributed by atoms with Crippen LogP contribution in [0.5, 0.6) is 0 Å². The second-order valence-corrected chi connectivity index (χ2v) is 4.77. The molecule has 5 heteroatoms. The maximum atomic E-state index is 6.14. The molecule has 0 spiro atoms. The molecule has 1 fully saturated rings. The fourth-order valence-electron chi connectivity index (χ4n) is 2.30. The number of benzene rings is 1. The van der Waals surface area contributed by atoms with Crippen LogP contribution in [0.1, 0.15) is 42.1 Å². The third-order valence-electron chi connectivity index (χ3n) is 3.47.